The number of ether oxygens (including phenoxy) is 1. The van der Waals surface area contributed by atoms with Gasteiger partial charge in [-0.05, 0) is 12.1 Å². The van der Waals surface area contributed by atoms with Gasteiger partial charge in [0, 0.05) is 39.3 Å². The standard InChI is InChI=1S/C15H23N3O2.ClH/c19-15(6-13-20-14-4-2-1-3-5-14)17-9-12-18-10-7-16-8-11-18;/h1-5,16H,6-13H2,(H,17,19);1H. The minimum absolute atomic E-state index is 0. The predicted octanol–water partition coefficient (Wildman–Crippen LogP) is 0.899. The summed E-state index contributed by atoms with van der Waals surface area (Å²) < 4.78 is 5.49. The van der Waals surface area contributed by atoms with Crippen molar-refractivity contribution in [2.75, 3.05) is 45.9 Å². The fourth-order valence-electron chi connectivity index (χ4n) is 2.15. The summed E-state index contributed by atoms with van der Waals surface area (Å²) in [6, 6.07) is 9.56. The van der Waals surface area contributed by atoms with Crippen LogP contribution in [-0.4, -0.2) is 56.7 Å². The number of hydrogen-bond acceptors (Lipinski definition) is 4. The van der Waals surface area contributed by atoms with Crippen molar-refractivity contribution in [3.63, 3.8) is 0 Å². The summed E-state index contributed by atoms with van der Waals surface area (Å²) in [7, 11) is 0. The van der Waals surface area contributed by atoms with Gasteiger partial charge in [0.15, 0.2) is 0 Å². The van der Waals surface area contributed by atoms with Crippen LogP contribution in [0.25, 0.3) is 0 Å². The van der Waals surface area contributed by atoms with Crippen LogP contribution in [0.5, 0.6) is 5.75 Å². The van der Waals surface area contributed by atoms with Crippen molar-refractivity contribution in [1.29, 1.82) is 0 Å². The van der Waals surface area contributed by atoms with E-state index in [0.29, 0.717) is 19.6 Å². The zero-order valence-electron chi connectivity index (χ0n) is 12.2. The third kappa shape index (κ3) is 7.32. The minimum atomic E-state index is 0. The van der Waals surface area contributed by atoms with Crippen molar-refractivity contribution in [1.82, 2.24) is 15.5 Å². The van der Waals surface area contributed by atoms with E-state index in [4.69, 9.17) is 4.74 Å². The van der Waals surface area contributed by atoms with Gasteiger partial charge in [-0.25, -0.2) is 0 Å². The molecule has 2 N–H and O–H groups in total. The number of para-hydroxylation sites is 1. The Morgan fingerprint density at radius 2 is 1.95 bits per heavy atom. The first-order valence-electron chi connectivity index (χ1n) is 7.22. The van der Waals surface area contributed by atoms with Crippen LogP contribution in [0.2, 0.25) is 0 Å². The Labute approximate surface area is 132 Å². The number of rotatable bonds is 7. The lowest BCUT2D eigenvalue weighted by Gasteiger charge is -2.27. The molecule has 6 heteroatoms. The number of carbonyl (C=O) groups excluding carboxylic acids is 1. The lowest BCUT2D eigenvalue weighted by molar-refractivity contribution is -0.121. The Kier molecular flexibility index (Phi) is 8.82. The molecule has 1 amide bonds. The van der Waals surface area contributed by atoms with E-state index in [1.165, 1.54) is 0 Å². The smallest absolute Gasteiger partial charge is 0.223 e. The van der Waals surface area contributed by atoms with E-state index in [2.05, 4.69) is 15.5 Å². The summed E-state index contributed by atoms with van der Waals surface area (Å²) in [5.74, 6) is 0.859. The number of amides is 1. The van der Waals surface area contributed by atoms with Crippen molar-refractivity contribution < 1.29 is 9.53 Å². The SMILES string of the molecule is Cl.O=C(CCOc1ccccc1)NCCN1CCNCC1. The molecule has 2 rings (SSSR count). The molecular formula is C15H24ClN3O2. The molecule has 1 saturated heterocycles. The first-order valence-corrected chi connectivity index (χ1v) is 7.22. The largest absolute Gasteiger partial charge is 0.493 e. The molecule has 0 bridgehead atoms. The third-order valence-corrected chi connectivity index (χ3v) is 3.30. The molecule has 1 aromatic rings. The summed E-state index contributed by atoms with van der Waals surface area (Å²) in [5, 5.41) is 6.25. The molecule has 1 heterocycles. The molecule has 0 aliphatic carbocycles. The zero-order valence-corrected chi connectivity index (χ0v) is 13.0. The van der Waals surface area contributed by atoms with Crippen LogP contribution in [0.4, 0.5) is 0 Å². The number of nitrogens with zero attached hydrogens (tertiary/aromatic N) is 1. The predicted molar refractivity (Wildman–Crippen MR) is 86.1 cm³/mol. The highest BCUT2D eigenvalue weighted by Gasteiger charge is 2.09. The van der Waals surface area contributed by atoms with E-state index >= 15 is 0 Å². The first-order chi connectivity index (χ1) is 9.84. The maximum atomic E-state index is 11.7. The van der Waals surface area contributed by atoms with Gasteiger partial charge in [-0.3, -0.25) is 9.69 Å². The Hall–Kier alpha value is -1.30. The Morgan fingerprint density at radius 1 is 1.24 bits per heavy atom. The lowest BCUT2D eigenvalue weighted by Crippen LogP contribution is -2.46. The van der Waals surface area contributed by atoms with Crippen molar-refractivity contribution >= 4 is 18.3 Å². The van der Waals surface area contributed by atoms with Crippen LogP contribution in [0.1, 0.15) is 6.42 Å². The number of benzene rings is 1. The van der Waals surface area contributed by atoms with E-state index in [9.17, 15) is 4.79 Å². The fraction of sp³-hybridized carbons (Fsp3) is 0.533. The number of hydrogen-bond donors (Lipinski definition) is 2. The molecule has 0 atom stereocenters. The minimum Gasteiger partial charge on any atom is -0.493 e. The van der Waals surface area contributed by atoms with Gasteiger partial charge in [0.2, 0.25) is 5.91 Å². The normalized spacial score (nSPS) is 15.0. The Morgan fingerprint density at radius 3 is 2.67 bits per heavy atom. The Balaban J connectivity index is 0.00000220. The summed E-state index contributed by atoms with van der Waals surface area (Å²) in [4.78, 5) is 14.0. The van der Waals surface area contributed by atoms with Crippen LogP contribution in [-0.2, 0) is 4.79 Å². The van der Waals surface area contributed by atoms with Crippen LogP contribution in [0.15, 0.2) is 30.3 Å². The number of piperazine rings is 1. The Bertz CT molecular complexity index is 397. The maximum Gasteiger partial charge on any atom is 0.223 e. The van der Waals surface area contributed by atoms with Crippen molar-refractivity contribution in [3.8, 4) is 5.75 Å². The second-order valence-corrected chi connectivity index (χ2v) is 4.85. The van der Waals surface area contributed by atoms with Crippen LogP contribution >= 0.6 is 12.4 Å². The molecule has 21 heavy (non-hydrogen) atoms. The molecule has 0 unspecified atom stereocenters. The molecule has 0 saturated carbocycles. The molecule has 0 spiro atoms. The topological polar surface area (TPSA) is 53.6 Å². The lowest BCUT2D eigenvalue weighted by atomic mass is 10.3. The molecule has 118 valence electrons. The quantitative estimate of drug-likeness (QED) is 0.785. The average molecular weight is 314 g/mol. The molecule has 5 nitrogen and oxygen atoms in total. The van der Waals surface area contributed by atoms with Crippen LogP contribution < -0.4 is 15.4 Å². The number of carbonyl (C=O) groups is 1. The summed E-state index contributed by atoms with van der Waals surface area (Å²) >= 11 is 0. The van der Waals surface area contributed by atoms with Crippen LogP contribution in [0.3, 0.4) is 0 Å². The fourth-order valence-corrected chi connectivity index (χ4v) is 2.15. The molecule has 0 aromatic heterocycles. The third-order valence-electron chi connectivity index (χ3n) is 3.30. The van der Waals surface area contributed by atoms with E-state index in [1.807, 2.05) is 30.3 Å². The maximum absolute atomic E-state index is 11.7. The van der Waals surface area contributed by atoms with Gasteiger partial charge in [0.1, 0.15) is 5.75 Å². The van der Waals surface area contributed by atoms with E-state index in [0.717, 1.165) is 38.5 Å². The summed E-state index contributed by atoms with van der Waals surface area (Å²) in [5.41, 5.74) is 0. The van der Waals surface area contributed by atoms with E-state index in [1.54, 1.807) is 0 Å². The van der Waals surface area contributed by atoms with Gasteiger partial charge in [0.05, 0.1) is 13.0 Å². The van der Waals surface area contributed by atoms with E-state index in [-0.39, 0.29) is 18.3 Å². The van der Waals surface area contributed by atoms with Gasteiger partial charge < -0.3 is 15.4 Å². The second kappa shape index (κ2) is 10.4. The van der Waals surface area contributed by atoms with Crippen molar-refractivity contribution in [2.45, 2.75) is 6.42 Å². The molecule has 1 fully saturated rings. The number of nitrogens with one attached hydrogen (secondary N) is 2. The summed E-state index contributed by atoms with van der Waals surface area (Å²) in [6.07, 6.45) is 0.399. The van der Waals surface area contributed by atoms with Gasteiger partial charge >= 0.3 is 0 Å². The van der Waals surface area contributed by atoms with Crippen LogP contribution in [0, 0.1) is 0 Å². The first kappa shape index (κ1) is 17.8. The van der Waals surface area contributed by atoms with Gasteiger partial charge in [-0.15, -0.1) is 12.4 Å². The average Bonchev–Trinajstić information content (AvgIpc) is 2.49. The molecule has 1 aliphatic heterocycles. The molecular weight excluding hydrogens is 290 g/mol. The highest BCUT2D eigenvalue weighted by Crippen LogP contribution is 2.08. The van der Waals surface area contributed by atoms with Gasteiger partial charge in [-0.1, -0.05) is 18.2 Å². The highest BCUT2D eigenvalue weighted by molar-refractivity contribution is 5.85. The summed E-state index contributed by atoms with van der Waals surface area (Å²) in [6.45, 7) is 6.26. The monoisotopic (exact) mass is 313 g/mol. The van der Waals surface area contributed by atoms with Crippen molar-refractivity contribution in [2.24, 2.45) is 0 Å². The van der Waals surface area contributed by atoms with E-state index < -0.39 is 0 Å². The highest BCUT2D eigenvalue weighted by atomic mass is 35.5. The van der Waals surface area contributed by atoms with Crippen molar-refractivity contribution in [3.05, 3.63) is 30.3 Å². The zero-order chi connectivity index (χ0) is 14.0. The molecule has 0 radical (unpaired) electrons. The number of halogens is 1. The second-order valence-electron chi connectivity index (χ2n) is 4.85. The molecule has 1 aliphatic rings. The van der Waals surface area contributed by atoms with Gasteiger partial charge in [0.25, 0.3) is 0 Å². The molecule has 1 aromatic carbocycles. The van der Waals surface area contributed by atoms with Gasteiger partial charge in [-0.2, -0.15) is 0 Å².